The van der Waals surface area contributed by atoms with Crippen molar-refractivity contribution in [2.45, 2.75) is 59.2 Å². The van der Waals surface area contributed by atoms with E-state index in [0.29, 0.717) is 0 Å². The summed E-state index contributed by atoms with van der Waals surface area (Å²) in [5, 5.41) is 26.6. The summed E-state index contributed by atoms with van der Waals surface area (Å²) in [7, 11) is 8.01. The highest BCUT2D eigenvalue weighted by Crippen LogP contribution is 2.49. The van der Waals surface area contributed by atoms with Crippen molar-refractivity contribution in [2.75, 3.05) is 38.0 Å². The third-order valence-electron chi connectivity index (χ3n) is 6.27. The van der Waals surface area contributed by atoms with Gasteiger partial charge in [0.2, 0.25) is 0 Å². The van der Waals surface area contributed by atoms with Gasteiger partial charge in [0.1, 0.15) is 0 Å². The highest BCUT2D eigenvalue weighted by atomic mass is 16.3. The van der Waals surface area contributed by atoms with E-state index >= 15 is 0 Å². The van der Waals surface area contributed by atoms with Crippen LogP contribution in [0.3, 0.4) is 0 Å². The third-order valence-corrected chi connectivity index (χ3v) is 6.27. The molecule has 1 aliphatic rings. The predicted octanol–water partition coefficient (Wildman–Crippen LogP) is 3.03. The summed E-state index contributed by atoms with van der Waals surface area (Å²) in [6.07, 6.45) is -1.79. The van der Waals surface area contributed by atoms with Gasteiger partial charge in [0.25, 0.3) is 0 Å². The molecule has 0 aromatic heterocycles. The third kappa shape index (κ3) is 3.88. The summed E-state index contributed by atoms with van der Waals surface area (Å²) < 4.78 is 0. The van der Waals surface area contributed by atoms with E-state index in [1.165, 1.54) is 0 Å². The fourth-order valence-corrected chi connectivity index (χ4v) is 4.80. The molecule has 0 bridgehead atoms. The van der Waals surface area contributed by atoms with E-state index in [1.807, 2.05) is 55.9 Å². The van der Waals surface area contributed by atoms with Gasteiger partial charge >= 0.3 is 0 Å². The van der Waals surface area contributed by atoms with Crippen molar-refractivity contribution < 1.29 is 10.2 Å². The average molecular weight is 397 g/mol. The van der Waals surface area contributed by atoms with Crippen LogP contribution in [0.4, 0.5) is 11.4 Å². The summed E-state index contributed by atoms with van der Waals surface area (Å²) in [4.78, 5) is 4.10. The molecule has 0 aliphatic heterocycles. The molecule has 0 saturated heterocycles. The van der Waals surface area contributed by atoms with Crippen LogP contribution in [-0.2, 0) is 0 Å². The van der Waals surface area contributed by atoms with Gasteiger partial charge in [-0.15, -0.1) is 12.2 Å². The Kier molecular flexibility index (Phi) is 6.71. The van der Waals surface area contributed by atoms with Crippen LogP contribution in [0.15, 0.2) is 24.3 Å². The standard InChI is InChI=1S/C24H32N2O2.CH4/c1-13-9-17(25(5)6)10-14(2)19(13)21-23(27)22(24(21)28)20-15(3)11-18(26(7)8)12-16(20)4;/h9-12,21-24H,1-8H3;1H4/q-2;. The minimum Gasteiger partial charge on any atom is -0.851 e. The van der Waals surface area contributed by atoms with Crippen LogP contribution >= 0.6 is 0 Å². The van der Waals surface area contributed by atoms with E-state index in [4.69, 9.17) is 0 Å². The normalized spacial score (nSPS) is 23.2. The molecular formula is C25H36N2O2-2. The van der Waals surface area contributed by atoms with Crippen molar-refractivity contribution in [3.8, 4) is 0 Å². The molecule has 3 rings (SSSR count). The molecule has 0 radical (unpaired) electrons. The molecule has 1 saturated carbocycles. The highest BCUT2D eigenvalue weighted by Gasteiger charge is 2.41. The number of hydrogen-bond donors (Lipinski definition) is 0. The fourth-order valence-electron chi connectivity index (χ4n) is 4.80. The number of anilines is 2. The Morgan fingerprint density at radius 1 is 0.586 bits per heavy atom. The lowest BCUT2D eigenvalue weighted by Gasteiger charge is -2.63. The largest absolute Gasteiger partial charge is 0.851 e. The monoisotopic (exact) mass is 396 g/mol. The number of benzene rings is 2. The molecule has 1 aliphatic carbocycles. The quantitative estimate of drug-likeness (QED) is 0.797. The topological polar surface area (TPSA) is 52.6 Å². The second-order valence-corrected chi connectivity index (χ2v) is 8.76. The molecule has 0 N–H and O–H groups in total. The lowest BCUT2D eigenvalue weighted by Crippen LogP contribution is -2.64. The van der Waals surface area contributed by atoms with Crippen LogP contribution in [0.25, 0.3) is 0 Å². The second kappa shape index (κ2) is 8.37. The Labute approximate surface area is 176 Å². The zero-order chi connectivity index (χ0) is 20.9. The van der Waals surface area contributed by atoms with E-state index in [9.17, 15) is 10.2 Å². The van der Waals surface area contributed by atoms with Crippen LogP contribution in [0.1, 0.15) is 52.6 Å². The minimum absolute atomic E-state index is 0. The molecule has 0 unspecified atom stereocenters. The smallest absolute Gasteiger partial charge is 0.0366 e. The predicted molar refractivity (Wildman–Crippen MR) is 120 cm³/mol. The van der Waals surface area contributed by atoms with Gasteiger partial charge in [-0.2, -0.15) is 0 Å². The molecule has 0 heterocycles. The molecule has 1 fully saturated rings. The summed E-state index contributed by atoms with van der Waals surface area (Å²) in [5.74, 6) is -0.929. The van der Waals surface area contributed by atoms with E-state index < -0.39 is 24.0 Å². The Balaban J connectivity index is 0.00000300. The first-order chi connectivity index (χ1) is 13.0. The first kappa shape index (κ1) is 23.2. The second-order valence-electron chi connectivity index (χ2n) is 8.76. The summed E-state index contributed by atoms with van der Waals surface area (Å²) in [5.41, 5.74) is 8.31. The molecule has 2 aromatic rings. The Morgan fingerprint density at radius 3 is 1.03 bits per heavy atom. The van der Waals surface area contributed by atoms with Gasteiger partial charge in [-0.05, 0) is 97.2 Å². The molecule has 0 atom stereocenters. The fraction of sp³-hybridized carbons (Fsp3) is 0.520. The first-order valence-corrected chi connectivity index (χ1v) is 9.93. The van der Waals surface area contributed by atoms with Gasteiger partial charge in [0, 0.05) is 39.6 Å². The SMILES string of the molecule is C.Cc1cc(N(C)C)cc(C)c1C1C([O-])C(c2c(C)cc(N(C)C)cc2C)C1[O-]. The molecule has 4 heteroatoms. The molecule has 2 aromatic carbocycles. The van der Waals surface area contributed by atoms with Crippen molar-refractivity contribution in [3.05, 3.63) is 57.6 Å². The van der Waals surface area contributed by atoms with E-state index in [1.54, 1.807) is 0 Å². The van der Waals surface area contributed by atoms with Gasteiger partial charge in [0.15, 0.2) is 0 Å². The summed E-state index contributed by atoms with van der Waals surface area (Å²) in [6.45, 7) is 8.07. The molecular weight excluding hydrogens is 360 g/mol. The Morgan fingerprint density at radius 2 is 0.828 bits per heavy atom. The number of nitrogens with zero attached hydrogens (tertiary/aromatic N) is 2. The number of rotatable bonds is 4. The first-order valence-electron chi connectivity index (χ1n) is 9.93. The van der Waals surface area contributed by atoms with Gasteiger partial charge in [-0.25, -0.2) is 0 Å². The van der Waals surface area contributed by atoms with Crippen LogP contribution in [-0.4, -0.2) is 40.4 Å². The maximum Gasteiger partial charge on any atom is 0.0366 e. The van der Waals surface area contributed by atoms with E-state index in [-0.39, 0.29) is 7.43 Å². The maximum atomic E-state index is 13.3. The molecule has 160 valence electrons. The van der Waals surface area contributed by atoms with Gasteiger partial charge in [-0.1, -0.05) is 7.43 Å². The van der Waals surface area contributed by atoms with Crippen molar-refractivity contribution in [1.29, 1.82) is 0 Å². The van der Waals surface area contributed by atoms with Gasteiger partial charge in [-0.3, -0.25) is 0 Å². The zero-order valence-corrected chi connectivity index (χ0v) is 18.3. The zero-order valence-electron chi connectivity index (χ0n) is 18.3. The number of aryl methyl sites for hydroxylation is 4. The number of hydrogen-bond acceptors (Lipinski definition) is 4. The molecule has 4 nitrogen and oxygen atoms in total. The lowest BCUT2D eigenvalue weighted by molar-refractivity contribution is -0.536. The molecule has 0 spiro atoms. The Hall–Kier alpha value is -2.04. The van der Waals surface area contributed by atoms with Gasteiger partial charge < -0.3 is 20.0 Å². The van der Waals surface area contributed by atoms with E-state index in [0.717, 1.165) is 44.8 Å². The van der Waals surface area contributed by atoms with Crippen LogP contribution in [0, 0.1) is 27.7 Å². The van der Waals surface area contributed by atoms with Crippen LogP contribution < -0.4 is 20.0 Å². The summed E-state index contributed by atoms with van der Waals surface area (Å²) in [6, 6.07) is 8.32. The van der Waals surface area contributed by atoms with Crippen LogP contribution in [0.2, 0.25) is 0 Å². The van der Waals surface area contributed by atoms with E-state index in [2.05, 4.69) is 34.1 Å². The van der Waals surface area contributed by atoms with Crippen molar-refractivity contribution in [1.82, 2.24) is 0 Å². The van der Waals surface area contributed by atoms with Crippen LogP contribution in [0.5, 0.6) is 0 Å². The maximum absolute atomic E-state index is 13.3. The van der Waals surface area contributed by atoms with Crippen molar-refractivity contribution in [3.63, 3.8) is 0 Å². The summed E-state index contributed by atoms with van der Waals surface area (Å²) >= 11 is 0. The molecule has 0 amide bonds. The molecule has 29 heavy (non-hydrogen) atoms. The van der Waals surface area contributed by atoms with Gasteiger partial charge in [0.05, 0.1) is 0 Å². The van der Waals surface area contributed by atoms with Crippen molar-refractivity contribution in [2.24, 2.45) is 0 Å². The average Bonchev–Trinajstić information content (AvgIpc) is 2.60. The highest BCUT2D eigenvalue weighted by molar-refractivity contribution is 5.58. The van der Waals surface area contributed by atoms with Crippen molar-refractivity contribution >= 4 is 11.4 Å². The lowest BCUT2D eigenvalue weighted by atomic mass is 9.60. The Bertz CT molecular complexity index is 761. The minimum atomic E-state index is -0.896.